The molecular weight excluding hydrogens is 862 g/mol. The number of thioether (sulfide) groups is 1. The van der Waals surface area contributed by atoms with Crippen LogP contribution in [0.15, 0.2) is 12.7 Å². The van der Waals surface area contributed by atoms with Crippen LogP contribution in [0.25, 0.3) is 0 Å². The summed E-state index contributed by atoms with van der Waals surface area (Å²) in [5.41, 5.74) is -12.9. The third-order valence-electron chi connectivity index (χ3n) is 5.52. The average molecular weight is 897 g/mol. The Morgan fingerprint density at radius 1 is 0.717 bits per heavy atom. The Labute approximate surface area is 327 Å². The normalized spacial score (nSPS) is 13.7. The van der Waals surface area contributed by atoms with E-state index in [0.717, 1.165) is 6.08 Å². The molecule has 53 heavy (non-hydrogen) atoms. The van der Waals surface area contributed by atoms with Gasteiger partial charge in [0, 0.05) is 30.6 Å². The van der Waals surface area contributed by atoms with Gasteiger partial charge in [0.25, 0.3) is 21.5 Å². The van der Waals surface area contributed by atoms with E-state index in [-0.39, 0.29) is 41.7 Å². The van der Waals surface area contributed by atoms with Crippen molar-refractivity contribution < 1.29 is 127 Å². The summed E-state index contributed by atoms with van der Waals surface area (Å²) in [6, 6.07) is 0. The van der Waals surface area contributed by atoms with E-state index in [9.17, 15) is 92.4 Å². The SMILES string of the molecule is C=CC(=O)NC(C)(C)CS(=O)(=O)O.CC(C)(CS(=O)(=O)[O-])NC(=O)CCSCCC(F)(C(F)(F)F)C(F)(F)F.FC(F)(F)C(F)(CCS)C(F)(F)F.[Na+]. The van der Waals surface area contributed by atoms with Crippen molar-refractivity contribution in [3.8, 4) is 0 Å². The molecule has 29 heteroatoms. The molecule has 0 aliphatic heterocycles. The molecule has 0 aliphatic carbocycles. The molecule has 10 nitrogen and oxygen atoms in total. The number of hydrogen-bond acceptors (Lipinski definition) is 9. The van der Waals surface area contributed by atoms with Crippen LogP contribution < -0.4 is 40.2 Å². The number of hydrogen-bond donors (Lipinski definition) is 4. The summed E-state index contributed by atoms with van der Waals surface area (Å²) in [4.78, 5) is 22.4. The Hall–Kier alpha value is -0.780. The molecule has 0 rings (SSSR count). The fraction of sp³-hybridized carbons (Fsp3) is 0.833. The van der Waals surface area contributed by atoms with E-state index in [0.29, 0.717) is 11.8 Å². The number of carbonyl (C=O) groups excluding carboxylic acids is 2. The molecular formula is C24H35F14N2NaO8S4. The molecule has 0 fully saturated rings. The van der Waals surface area contributed by atoms with E-state index < -0.39 is 115 Å². The first-order valence-electron chi connectivity index (χ1n) is 13.5. The van der Waals surface area contributed by atoms with E-state index in [1.54, 1.807) is 0 Å². The van der Waals surface area contributed by atoms with Crippen LogP contribution in [0.4, 0.5) is 61.5 Å². The van der Waals surface area contributed by atoms with Crippen molar-refractivity contribution >= 4 is 56.4 Å². The van der Waals surface area contributed by atoms with E-state index >= 15 is 0 Å². The Morgan fingerprint density at radius 2 is 1.08 bits per heavy atom. The minimum Gasteiger partial charge on any atom is -0.748 e. The standard InChI is InChI=1S/C12H18F7NO4S2.C7H13NO4S.C5H5F7S.Na/c1-9(2,7-26(22,23)24)20-8(21)3-5-25-6-4-10(13,11(14,15)16)12(17,18)19;1-4-6(9)8-7(2,3)5-13(10,11)12;6-3(1-2-13,4(7,8)9)5(10,11)12;/h3-7H2,1-2H3,(H,20,21)(H,22,23,24);4H,1,5H2,2-3H3,(H,8,9)(H,10,11,12);13H,1-2H2;/q;;;+1/p-1. The van der Waals surface area contributed by atoms with Gasteiger partial charge in [-0.25, -0.2) is 17.2 Å². The maximum atomic E-state index is 13.3. The minimum atomic E-state index is -6.11. The van der Waals surface area contributed by atoms with Gasteiger partial charge in [0.05, 0.1) is 27.2 Å². The fourth-order valence-corrected chi connectivity index (χ4v) is 6.52. The summed E-state index contributed by atoms with van der Waals surface area (Å²) < 4.78 is 231. The summed E-state index contributed by atoms with van der Waals surface area (Å²) >= 11 is 3.64. The zero-order chi connectivity index (χ0) is 42.6. The summed E-state index contributed by atoms with van der Waals surface area (Å²) in [5, 5.41) is 4.57. The predicted octanol–water partition coefficient (Wildman–Crippen LogP) is 2.87. The number of thiol groups is 1. The Balaban J connectivity index is -0.000000374. The topological polar surface area (TPSA) is 170 Å². The maximum absolute atomic E-state index is 13.3. The van der Waals surface area contributed by atoms with Crippen LogP contribution in [0.2, 0.25) is 0 Å². The minimum absolute atomic E-state index is 0. The third-order valence-corrected chi connectivity index (χ3v) is 8.89. The van der Waals surface area contributed by atoms with Crippen LogP contribution in [0.1, 0.15) is 47.0 Å². The third kappa shape index (κ3) is 23.8. The molecule has 0 aromatic carbocycles. The number of carbonyl (C=O) groups is 2. The van der Waals surface area contributed by atoms with E-state index in [2.05, 4.69) is 29.8 Å². The van der Waals surface area contributed by atoms with Crippen molar-refractivity contribution in [3.05, 3.63) is 12.7 Å². The number of nitrogens with one attached hydrogen (secondary N) is 2. The van der Waals surface area contributed by atoms with E-state index in [1.165, 1.54) is 27.7 Å². The van der Waals surface area contributed by atoms with Gasteiger partial charge < -0.3 is 15.2 Å². The largest absolute Gasteiger partial charge is 1.00 e. The second-order valence-corrected chi connectivity index (χ2v) is 16.1. The van der Waals surface area contributed by atoms with Crippen molar-refractivity contribution in [2.24, 2.45) is 0 Å². The zero-order valence-electron chi connectivity index (χ0n) is 28.2. The molecule has 0 aliphatic rings. The van der Waals surface area contributed by atoms with E-state index in [1.807, 2.05) is 0 Å². The first kappa shape index (κ1) is 58.9. The Morgan fingerprint density at radius 3 is 1.36 bits per heavy atom. The summed E-state index contributed by atoms with van der Waals surface area (Å²) in [6.45, 7) is 8.69. The molecule has 0 bridgehead atoms. The second kappa shape index (κ2) is 21.7. The monoisotopic (exact) mass is 896 g/mol. The van der Waals surface area contributed by atoms with Gasteiger partial charge in [0.15, 0.2) is 0 Å². The van der Waals surface area contributed by atoms with Crippen molar-refractivity contribution in [2.75, 3.05) is 28.8 Å². The van der Waals surface area contributed by atoms with Crippen molar-refractivity contribution in [1.29, 1.82) is 0 Å². The first-order chi connectivity index (χ1) is 22.5. The number of amides is 2. The molecule has 0 aromatic rings. The van der Waals surface area contributed by atoms with Crippen molar-refractivity contribution in [3.63, 3.8) is 0 Å². The first-order valence-corrected chi connectivity index (χ1v) is 18.5. The quantitative estimate of drug-likeness (QED) is 0.0483. The maximum Gasteiger partial charge on any atom is 1.00 e. The molecule has 0 atom stereocenters. The van der Waals surface area contributed by atoms with E-state index in [4.69, 9.17) is 4.55 Å². The summed E-state index contributed by atoms with van der Waals surface area (Å²) in [5.74, 6) is -4.58. The fourth-order valence-electron chi connectivity index (χ4n) is 3.32. The molecule has 0 saturated carbocycles. The van der Waals surface area contributed by atoms with Crippen LogP contribution in [-0.4, -0.2) is 114 Å². The average Bonchev–Trinajstić information content (AvgIpc) is 2.82. The van der Waals surface area contributed by atoms with Crippen LogP contribution in [0.3, 0.4) is 0 Å². The van der Waals surface area contributed by atoms with Crippen LogP contribution in [-0.2, 0) is 29.8 Å². The van der Waals surface area contributed by atoms with Gasteiger partial charge in [0.2, 0.25) is 11.8 Å². The van der Waals surface area contributed by atoms with Crippen LogP contribution in [0, 0.1) is 0 Å². The smallest absolute Gasteiger partial charge is 0.748 e. The molecule has 0 unspecified atom stereocenters. The number of rotatable bonds is 15. The number of alkyl halides is 14. The predicted molar refractivity (Wildman–Crippen MR) is 163 cm³/mol. The van der Waals surface area contributed by atoms with Gasteiger partial charge in [-0.15, -0.1) is 0 Å². The molecule has 0 heterocycles. The zero-order valence-corrected chi connectivity index (χ0v) is 33.6. The van der Waals surface area contributed by atoms with Gasteiger partial charge in [0.1, 0.15) is 0 Å². The molecule has 0 spiro atoms. The van der Waals surface area contributed by atoms with Gasteiger partial charge in [-0.1, -0.05) is 6.58 Å². The number of halogens is 14. The molecule has 2 amide bonds. The molecule has 0 saturated heterocycles. The molecule has 0 aromatic heterocycles. The molecule has 312 valence electrons. The van der Waals surface area contributed by atoms with Gasteiger partial charge in [-0.05, 0) is 45.3 Å². The molecule has 0 radical (unpaired) electrons. The summed E-state index contributed by atoms with van der Waals surface area (Å²) in [7, 11) is -8.71. The van der Waals surface area contributed by atoms with Crippen molar-refractivity contribution in [2.45, 2.75) is 94.1 Å². The Bertz CT molecular complexity index is 1360. The van der Waals surface area contributed by atoms with Crippen LogP contribution >= 0.6 is 24.4 Å². The summed E-state index contributed by atoms with van der Waals surface area (Å²) in [6.07, 6.45) is -27.1. The Kier molecular flexibility index (Phi) is 24.1. The van der Waals surface area contributed by atoms with Crippen LogP contribution in [0.5, 0.6) is 0 Å². The van der Waals surface area contributed by atoms with Gasteiger partial charge >= 0.3 is 54.3 Å². The molecule has 3 N–H and O–H groups in total. The van der Waals surface area contributed by atoms with Gasteiger partial charge in [-0.2, -0.15) is 85.5 Å². The van der Waals surface area contributed by atoms with Gasteiger partial charge in [-0.3, -0.25) is 14.1 Å². The van der Waals surface area contributed by atoms with Crippen molar-refractivity contribution in [1.82, 2.24) is 10.6 Å². The second-order valence-electron chi connectivity index (χ2n) is 11.6.